The smallest absolute Gasteiger partial charge is 0.186 e. The average molecular weight is 433 g/mol. The van der Waals surface area contributed by atoms with Crippen molar-refractivity contribution in [3.8, 4) is 18.1 Å². The highest BCUT2D eigenvalue weighted by atomic mass is 16.7. The third-order valence-electron chi connectivity index (χ3n) is 5.80. The molecule has 0 aromatic heterocycles. The maximum Gasteiger partial charge on any atom is 0.186 e. The van der Waals surface area contributed by atoms with E-state index in [0.717, 1.165) is 24.2 Å². The first-order valence-electron chi connectivity index (χ1n) is 11.7. The molecule has 0 saturated carbocycles. The number of benzene rings is 1. The molecular weight excluding hydrogens is 392 g/mol. The maximum absolute atomic E-state index is 6.30. The second-order valence-electron chi connectivity index (χ2n) is 8.15. The Morgan fingerprint density at radius 2 is 1.58 bits per heavy atom. The topological polar surface area (TPSA) is 46.2 Å². The highest BCUT2D eigenvalue weighted by Crippen LogP contribution is 2.31. The van der Waals surface area contributed by atoms with E-state index in [0.29, 0.717) is 6.61 Å². The van der Waals surface area contributed by atoms with Gasteiger partial charge >= 0.3 is 0 Å². The van der Waals surface area contributed by atoms with Gasteiger partial charge in [-0.2, -0.15) is 0 Å². The van der Waals surface area contributed by atoms with Crippen LogP contribution in [0.15, 0.2) is 24.3 Å². The number of terminal acetylenes is 1. The van der Waals surface area contributed by atoms with Crippen molar-refractivity contribution in [2.45, 2.75) is 95.9 Å². The lowest BCUT2D eigenvalue weighted by Gasteiger charge is -2.24. The molecule has 1 aromatic rings. The van der Waals surface area contributed by atoms with E-state index in [1.54, 1.807) is 14.2 Å². The van der Waals surface area contributed by atoms with Gasteiger partial charge in [-0.05, 0) is 24.1 Å². The van der Waals surface area contributed by atoms with E-state index in [1.165, 1.54) is 44.9 Å². The van der Waals surface area contributed by atoms with E-state index in [2.05, 4.69) is 12.8 Å². The SMILES string of the molecule is C#CCO[C@H]1[C@H](OC)O[C@H](CCCCCCCCCC)[C@@H]1OCc1ccc(OC)cc1. The Labute approximate surface area is 188 Å². The molecule has 4 atom stereocenters. The van der Waals surface area contributed by atoms with Gasteiger partial charge in [0.05, 0.1) is 19.8 Å². The van der Waals surface area contributed by atoms with Crippen molar-refractivity contribution in [3.05, 3.63) is 29.8 Å². The molecule has 31 heavy (non-hydrogen) atoms. The monoisotopic (exact) mass is 432 g/mol. The average Bonchev–Trinajstić information content (AvgIpc) is 3.14. The lowest BCUT2D eigenvalue weighted by molar-refractivity contribution is -0.160. The van der Waals surface area contributed by atoms with E-state index >= 15 is 0 Å². The molecule has 0 amide bonds. The van der Waals surface area contributed by atoms with Gasteiger partial charge in [0.2, 0.25) is 0 Å². The van der Waals surface area contributed by atoms with Gasteiger partial charge in [0, 0.05) is 7.11 Å². The van der Waals surface area contributed by atoms with Crippen LogP contribution in [-0.4, -0.2) is 45.4 Å². The summed E-state index contributed by atoms with van der Waals surface area (Å²) in [4.78, 5) is 0. The van der Waals surface area contributed by atoms with Crippen molar-refractivity contribution in [2.24, 2.45) is 0 Å². The number of hydrogen-bond donors (Lipinski definition) is 0. The molecule has 0 spiro atoms. The van der Waals surface area contributed by atoms with Crippen LogP contribution in [0, 0.1) is 12.3 Å². The maximum atomic E-state index is 6.30. The Kier molecular flexibility index (Phi) is 12.6. The van der Waals surface area contributed by atoms with E-state index in [1.807, 2.05) is 24.3 Å². The zero-order valence-corrected chi connectivity index (χ0v) is 19.5. The molecule has 1 saturated heterocycles. The molecule has 174 valence electrons. The highest BCUT2D eigenvalue weighted by Gasteiger charge is 2.46. The van der Waals surface area contributed by atoms with Crippen molar-refractivity contribution in [2.75, 3.05) is 20.8 Å². The summed E-state index contributed by atoms with van der Waals surface area (Å²) in [6.07, 6.45) is 15.5. The van der Waals surface area contributed by atoms with Crippen molar-refractivity contribution in [3.63, 3.8) is 0 Å². The Balaban J connectivity index is 1.88. The summed E-state index contributed by atoms with van der Waals surface area (Å²) >= 11 is 0. The fourth-order valence-electron chi connectivity index (χ4n) is 4.03. The Morgan fingerprint density at radius 1 is 0.903 bits per heavy atom. The van der Waals surface area contributed by atoms with Crippen molar-refractivity contribution in [1.29, 1.82) is 0 Å². The Bertz CT molecular complexity index is 624. The summed E-state index contributed by atoms with van der Waals surface area (Å²) in [7, 11) is 3.30. The highest BCUT2D eigenvalue weighted by molar-refractivity contribution is 5.26. The Hall–Kier alpha value is -1.58. The lowest BCUT2D eigenvalue weighted by Crippen LogP contribution is -2.38. The lowest BCUT2D eigenvalue weighted by atomic mass is 10.0. The largest absolute Gasteiger partial charge is 0.497 e. The van der Waals surface area contributed by atoms with Gasteiger partial charge in [0.15, 0.2) is 6.29 Å². The van der Waals surface area contributed by atoms with Gasteiger partial charge in [0.1, 0.15) is 24.6 Å². The van der Waals surface area contributed by atoms with Crippen molar-refractivity contribution < 1.29 is 23.7 Å². The standard InChI is InChI=1S/C26H40O5/c1-5-7-8-9-10-11-12-13-14-23-24(25(29-19-6-2)26(28-4)31-23)30-20-21-15-17-22(27-3)18-16-21/h2,15-18,23-26H,5,7-14,19-20H2,1,3-4H3/t23-,24+,25-,26-/m1/s1. The number of ether oxygens (including phenoxy) is 5. The summed E-state index contributed by atoms with van der Waals surface area (Å²) in [6, 6.07) is 7.89. The summed E-state index contributed by atoms with van der Waals surface area (Å²) in [5, 5.41) is 0. The van der Waals surface area contributed by atoms with Crippen LogP contribution < -0.4 is 4.74 Å². The van der Waals surface area contributed by atoms with Crippen LogP contribution in [0.2, 0.25) is 0 Å². The molecule has 0 radical (unpaired) electrons. The molecule has 0 N–H and O–H groups in total. The van der Waals surface area contributed by atoms with Crippen LogP contribution in [0.5, 0.6) is 5.75 Å². The summed E-state index contributed by atoms with van der Waals surface area (Å²) in [6.45, 7) is 2.93. The number of rotatable bonds is 16. The molecule has 1 aliphatic rings. The second-order valence-corrected chi connectivity index (χ2v) is 8.15. The van der Waals surface area contributed by atoms with Gasteiger partial charge in [-0.3, -0.25) is 0 Å². The van der Waals surface area contributed by atoms with Crippen LogP contribution in [0.25, 0.3) is 0 Å². The quantitative estimate of drug-likeness (QED) is 0.255. The summed E-state index contributed by atoms with van der Waals surface area (Å²) in [5.41, 5.74) is 1.07. The number of methoxy groups -OCH3 is 2. The van der Waals surface area contributed by atoms with E-state index < -0.39 is 6.29 Å². The molecule has 2 rings (SSSR count). The fraction of sp³-hybridized carbons (Fsp3) is 0.692. The third kappa shape index (κ3) is 8.82. The molecule has 5 heteroatoms. The molecule has 5 nitrogen and oxygen atoms in total. The molecule has 1 fully saturated rings. The fourth-order valence-corrected chi connectivity index (χ4v) is 4.03. The van der Waals surface area contributed by atoms with E-state index in [-0.39, 0.29) is 24.9 Å². The molecule has 1 aliphatic heterocycles. The third-order valence-corrected chi connectivity index (χ3v) is 5.80. The first-order chi connectivity index (χ1) is 15.2. The minimum absolute atomic E-state index is 0.0638. The van der Waals surface area contributed by atoms with Gasteiger partial charge in [-0.15, -0.1) is 6.42 Å². The predicted molar refractivity (Wildman–Crippen MR) is 123 cm³/mol. The number of hydrogen-bond acceptors (Lipinski definition) is 5. The van der Waals surface area contributed by atoms with E-state index in [4.69, 9.17) is 30.1 Å². The predicted octanol–water partition coefficient (Wildman–Crippen LogP) is 5.50. The van der Waals surface area contributed by atoms with Crippen LogP contribution >= 0.6 is 0 Å². The van der Waals surface area contributed by atoms with Crippen LogP contribution in [0.1, 0.15) is 70.3 Å². The van der Waals surface area contributed by atoms with E-state index in [9.17, 15) is 0 Å². The van der Waals surface area contributed by atoms with Gasteiger partial charge in [-0.1, -0.05) is 76.3 Å². The van der Waals surface area contributed by atoms with Crippen molar-refractivity contribution >= 4 is 0 Å². The van der Waals surface area contributed by atoms with Crippen molar-refractivity contribution in [1.82, 2.24) is 0 Å². The normalized spacial score (nSPS) is 23.0. The molecule has 0 aliphatic carbocycles. The van der Waals surface area contributed by atoms with Crippen LogP contribution in [0.3, 0.4) is 0 Å². The first-order valence-corrected chi connectivity index (χ1v) is 11.7. The molecular formula is C26H40O5. The minimum atomic E-state index is -0.465. The van der Waals surface area contributed by atoms with Crippen LogP contribution in [0.4, 0.5) is 0 Å². The Morgan fingerprint density at radius 3 is 2.19 bits per heavy atom. The van der Waals surface area contributed by atoms with Gasteiger partial charge < -0.3 is 23.7 Å². The first kappa shape index (κ1) is 25.7. The zero-order chi connectivity index (χ0) is 22.3. The summed E-state index contributed by atoms with van der Waals surface area (Å²) < 4.78 is 29.1. The zero-order valence-electron chi connectivity index (χ0n) is 19.5. The van der Waals surface area contributed by atoms with Crippen LogP contribution in [-0.2, 0) is 25.6 Å². The summed E-state index contributed by atoms with van der Waals surface area (Å²) in [5.74, 6) is 3.37. The minimum Gasteiger partial charge on any atom is -0.497 e. The molecule has 0 bridgehead atoms. The molecule has 0 unspecified atom stereocenters. The molecule has 1 heterocycles. The van der Waals surface area contributed by atoms with Gasteiger partial charge in [-0.25, -0.2) is 0 Å². The van der Waals surface area contributed by atoms with Gasteiger partial charge in [0.25, 0.3) is 0 Å². The number of unbranched alkanes of at least 4 members (excludes halogenated alkanes) is 7. The second kappa shape index (κ2) is 15.3. The molecule has 1 aromatic carbocycles.